The van der Waals surface area contributed by atoms with Crippen LogP contribution in [0.4, 0.5) is 5.69 Å². The van der Waals surface area contributed by atoms with Gasteiger partial charge in [-0.05, 0) is 37.6 Å². The van der Waals surface area contributed by atoms with E-state index in [9.17, 15) is 0 Å². The van der Waals surface area contributed by atoms with E-state index in [4.69, 9.17) is 5.26 Å². The Morgan fingerprint density at radius 1 is 1.35 bits per heavy atom. The molecule has 1 heterocycles. The van der Waals surface area contributed by atoms with Crippen molar-refractivity contribution in [3.05, 3.63) is 29.8 Å². The molecular weight excluding hydrogens is 210 g/mol. The summed E-state index contributed by atoms with van der Waals surface area (Å²) in [6.07, 6.45) is 0. The van der Waals surface area contributed by atoms with E-state index >= 15 is 0 Å². The molecule has 1 aromatic carbocycles. The third kappa shape index (κ3) is 2.98. The first-order chi connectivity index (χ1) is 8.19. The standard InChI is InChI=1S/C14H19N3/c1-11-8-16-12(2)10-17(9-11)14-5-3-4-13(6-14)7-15/h3-6,11-12,16H,8-10H2,1-2H3. The second-order valence-electron chi connectivity index (χ2n) is 4.98. The van der Waals surface area contributed by atoms with Crippen LogP contribution in [-0.4, -0.2) is 25.7 Å². The summed E-state index contributed by atoms with van der Waals surface area (Å²) in [6, 6.07) is 10.6. The Morgan fingerprint density at radius 3 is 2.94 bits per heavy atom. The summed E-state index contributed by atoms with van der Waals surface area (Å²) in [6.45, 7) is 7.58. The number of anilines is 1. The van der Waals surface area contributed by atoms with Crippen molar-refractivity contribution in [3.8, 4) is 6.07 Å². The quantitative estimate of drug-likeness (QED) is 0.800. The lowest BCUT2D eigenvalue weighted by Gasteiger charge is -2.26. The van der Waals surface area contributed by atoms with Gasteiger partial charge in [-0.3, -0.25) is 0 Å². The lowest BCUT2D eigenvalue weighted by Crippen LogP contribution is -2.35. The van der Waals surface area contributed by atoms with Gasteiger partial charge in [-0.1, -0.05) is 13.0 Å². The Hall–Kier alpha value is -1.53. The van der Waals surface area contributed by atoms with Gasteiger partial charge in [-0.2, -0.15) is 5.26 Å². The number of hydrogen-bond acceptors (Lipinski definition) is 3. The summed E-state index contributed by atoms with van der Waals surface area (Å²) in [5.74, 6) is 0.630. The normalized spacial score (nSPS) is 25.1. The zero-order valence-electron chi connectivity index (χ0n) is 10.5. The second-order valence-corrected chi connectivity index (χ2v) is 4.98. The molecule has 0 spiro atoms. The fraction of sp³-hybridized carbons (Fsp3) is 0.500. The van der Waals surface area contributed by atoms with Crippen molar-refractivity contribution in [2.45, 2.75) is 19.9 Å². The maximum absolute atomic E-state index is 8.94. The van der Waals surface area contributed by atoms with Gasteiger partial charge in [0.05, 0.1) is 11.6 Å². The third-order valence-electron chi connectivity index (χ3n) is 3.18. The summed E-state index contributed by atoms with van der Waals surface area (Å²) in [4.78, 5) is 2.37. The van der Waals surface area contributed by atoms with E-state index in [1.165, 1.54) is 0 Å². The van der Waals surface area contributed by atoms with Gasteiger partial charge < -0.3 is 10.2 Å². The van der Waals surface area contributed by atoms with E-state index in [0.717, 1.165) is 30.9 Å². The molecule has 2 rings (SSSR count). The Morgan fingerprint density at radius 2 is 2.18 bits per heavy atom. The molecule has 0 aromatic heterocycles. The first-order valence-corrected chi connectivity index (χ1v) is 6.17. The van der Waals surface area contributed by atoms with Crippen molar-refractivity contribution in [1.29, 1.82) is 5.26 Å². The minimum absolute atomic E-state index is 0.491. The highest BCUT2D eigenvalue weighted by atomic mass is 15.2. The number of nitriles is 1. The van der Waals surface area contributed by atoms with Gasteiger partial charge in [0, 0.05) is 24.8 Å². The molecule has 1 aromatic rings. The molecule has 0 amide bonds. The largest absolute Gasteiger partial charge is 0.370 e. The Bertz CT molecular complexity index is 410. The molecule has 1 saturated heterocycles. The van der Waals surface area contributed by atoms with E-state index in [2.05, 4.69) is 36.2 Å². The lowest BCUT2D eigenvalue weighted by molar-refractivity contribution is 0.525. The molecule has 2 unspecified atom stereocenters. The second kappa shape index (κ2) is 5.20. The number of benzene rings is 1. The van der Waals surface area contributed by atoms with Gasteiger partial charge in [0.15, 0.2) is 0 Å². The number of hydrogen-bond donors (Lipinski definition) is 1. The predicted octanol–water partition coefficient (Wildman–Crippen LogP) is 1.99. The fourth-order valence-corrected chi connectivity index (χ4v) is 2.30. The van der Waals surface area contributed by atoms with Crippen molar-refractivity contribution in [2.24, 2.45) is 5.92 Å². The van der Waals surface area contributed by atoms with Crippen molar-refractivity contribution >= 4 is 5.69 Å². The zero-order valence-corrected chi connectivity index (χ0v) is 10.5. The van der Waals surface area contributed by atoms with E-state index in [0.29, 0.717) is 12.0 Å². The van der Waals surface area contributed by atoms with Crippen LogP contribution < -0.4 is 10.2 Å². The minimum Gasteiger partial charge on any atom is -0.370 e. The first kappa shape index (κ1) is 11.9. The molecule has 1 N–H and O–H groups in total. The summed E-state index contributed by atoms with van der Waals surface area (Å²) in [7, 11) is 0. The molecule has 0 saturated carbocycles. The summed E-state index contributed by atoms with van der Waals surface area (Å²) in [5.41, 5.74) is 1.89. The monoisotopic (exact) mass is 229 g/mol. The third-order valence-corrected chi connectivity index (χ3v) is 3.18. The van der Waals surface area contributed by atoms with Gasteiger partial charge >= 0.3 is 0 Å². The molecule has 0 aliphatic carbocycles. The average molecular weight is 229 g/mol. The molecule has 1 aliphatic heterocycles. The highest BCUT2D eigenvalue weighted by Gasteiger charge is 2.18. The molecule has 3 nitrogen and oxygen atoms in total. The summed E-state index contributed by atoms with van der Waals surface area (Å²) < 4.78 is 0. The Labute approximate surface area is 103 Å². The maximum atomic E-state index is 8.94. The average Bonchev–Trinajstić information content (AvgIpc) is 2.51. The van der Waals surface area contributed by atoms with Crippen LogP contribution >= 0.6 is 0 Å². The molecule has 0 bridgehead atoms. The zero-order chi connectivity index (χ0) is 12.3. The van der Waals surface area contributed by atoms with Crippen LogP contribution in [0.5, 0.6) is 0 Å². The van der Waals surface area contributed by atoms with Crippen molar-refractivity contribution in [3.63, 3.8) is 0 Å². The first-order valence-electron chi connectivity index (χ1n) is 6.17. The van der Waals surface area contributed by atoms with Gasteiger partial charge in [-0.15, -0.1) is 0 Å². The van der Waals surface area contributed by atoms with Crippen LogP contribution in [0.15, 0.2) is 24.3 Å². The molecule has 2 atom stereocenters. The van der Waals surface area contributed by atoms with Gasteiger partial charge in [0.25, 0.3) is 0 Å². The highest BCUT2D eigenvalue weighted by molar-refractivity contribution is 5.51. The van der Waals surface area contributed by atoms with Crippen molar-refractivity contribution < 1.29 is 0 Å². The predicted molar refractivity (Wildman–Crippen MR) is 70.0 cm³/mol. The molecular formula is C14H19N3. The van der Waals surface area contributed by atoms with E-state index in [1.54, 1.807) is 0 Å². The number of nitrogens with zero attached hydrogens (tertiary/aromatic N) is 2. The Kier molecular flexibility index (Phi) is 3.65. The molecule has 17 heavy (non-hydrogen) atoms. The molecule has 1 fully saturated rings. The molecule has 3 heteroatoms. The van der Waals surface area contributed by atoms with Crippen LogP contribution in [0, 0.1) is 17.2 Å². The number of rotatable bonds is 1. The van der Waals surface area contributed by atoms with Crippen LogP contribution in [0.3, 0.4) is 0 Å². The smallest absolute Gasteiger partial charge is 0.0992 e. The lowest BCUT2D eigenvalue weighted by atomic mass is 10.1. The van der Waals surface area contributed by atoms with Gasteiger partial charge in [0.1, 0.15) is 0 Å². The molecule has 90 valence electrons. The van der Waals surface area contributed by atoms with Gasteiger partial charge in [0.2, 0.25) is 0 Å². The van der Waals surface area contributed by atoms with Gasteiger partial charge in [-0.25, -0.2) is 0 Å². The molecule has 1 aliphatic rings. The summed E-state index contributed by atoms with van der Waals surface area (Å²) >= 11 is 0. The van der Waals surface area contributed by atoms with E-state index < -0.39 is 0 Å². The maximum Gasteiger partial charge on any atom is 0.0992 e. The van der Waals surface area contributed by atoms with Crippen LogP contribution in [0.2, 0.25) is 0 Å². The topological polar surface area (TPSA) is 39.1 Å². The van der Waals surface area contributed by atoms with Crippen LogP contribution in [0.25, 0.3) is 0 Å². The van der Waals surface area contributed by atoms with Crippen molar-refractivity contribution in [2.75, 3.05) is 24.5 Å². The number of nitrogens with one attached hydrogen (secondary N) is 1. The highest BCUT2D eigenvalue weighted by Crippen LogP contribution is 2.19. The minimum atomic E-state index is 0.491. The van der Waals surface area contributed by atoms with Crippen LogP contribution in [-0.2, 0) is 0 Å². The van der Waals surface area contributed by atoms with E-state index in [-0.39, 0.29) is 0 Å². The van der Waals surface area contributed by atoms with Crippen LogP contribution in [0.1, 0.15) is 19.4 Å². The van der Waals surface area contributed by atoms with E-state index in [1.807, 2.05) is 18.2 Å². The Balaban J connectivity index is 2.21. The summed E-state index contributed by atoms with van der Waals surface area (Å²) in [5, 5.41) is 12.5. The fourth-order valence-electron chi connectivity index (χ4n) is 2.30. The SMILES string of the molecule is CC1CNC(C)CN(c2cccc(C#N)c2)C1. The van der Waals surface area contributed by atoms with Crippen molar-refractivity contribution in [1.82, 2.24) is 5.32 Å². The molecule has 0 radical (unpaired) electrons.